The van der Waals surface area contributed by atoms with Crippen LogP contribution in [0.3, 0.4) is 0 Å². The van der Waals surface area contributed by atoms with Gasteiger partial charge in [-0.15, -0.1) is 0 Å². The van der Waals surface area contributed by atoms with Gasteiger partial charge in [-0.05, 0) is 0 Å². The summed E-state index contributed by atoms with van der Waals surface area (Å²) in [6.07, 6.45) is 8.53. The van der Waals surface area contributed by atoms with Crippen molar-refractivity contribution in [1.29, 1.82) is 0 Å². The van der Waals surface area contributed by atoms with E-state index in [-0.39, 0.29) is 23.4 Å². The summed E-state index contributed by atoms with van der Waals surface area (Å²) >= 11 is 0.799. The molecule has 0 saturated heterocycles. The molecule has 5 atom stereocenters. The number of hydrogen-bond acceptors (Lipinski definition) is 7. The van der Waals surface area contributed by atoms with E-state index in [0.717, 1.165) is 36.5 Å². The fraction of sp³-hybridized carbons (Fsp3) is 0.267. The number of aliphatic hydroxyl groups is 3. The number of aromatic nitrogens is 4. The Bertz CT molecular complexity index is 1630. The van der Waals surface area contributed by atoms with Crippen LogP contribution in [0.4, 0.5) is 0 Å². The number of carbonyl (C=O) groups excluding carboxylic acids is 1. The third kappa shape index (κ3) is 4.97. The van der Waals surface area contributed by atoms with E-state index in [0.29, 0.717) is 28.9 Å². The van der Waals surface area contributed by atoms with Crippen LogP contribution in [0.1, 0.15) is 36.5 Å². The zero-order chi connectivity index (χ0) is 28.4. The molecule has 1 aromatic carbocycles. The first-order valence-electron chi connectivity index (χ1n) is 12.9. The topological polar surface area (TPSA) is 133 Å². The molecule has 2 unspecified atom stereocenters. The number of benzene rings is 1. The van der Waals surface area contributed by atoms with Gasteiger partial charge in [0, 0.05) is 7.05 Å². The van der Waals surface area contributed by atoms with E-state index in [1.165, 1.54) is 19.5 Å². The van der Waals surface area contributed by atoms with Gasteiger partial charge >= 0.3 is 230 Å². The first kappa shape index (κ1) is 28.1. The van der Waals surface area contributed by atoms with Gasteiger partial charge < -0.3 is 5.32 Å². The Balaban J connectivity index is 1.63. The van der Waals surface area contributed by atoms with Crippen molar-refractivity contribution in [3.63, 3.8) is 0 Å². The number of nitrogens with one attached hydrogen (secondary N) is 1. The number of allylic oxidation sites excluding steroid dienone is 4. The van der Waals surface area contributed by atoms with Crippen LogP contribution < -0.4 is 5.32 Å². The maximum absolute atomic E-state index is 12.6. The Hall–Kier alpha value is -3.42. The number of aliphatic hydroxyl groups excluding tert-OH is 3. The summed E-state index contributed by atoms with van der Waals surface area (Å²) in [5.74, 6) is 5.71. The summed E-state index contributed by atoms with van der Waals surface area (Å²) in [7, 11) is 1.52. The molecule has 0 radical (unpaired) electrons. The van der Waals surface area contributed by atoms with Gasteiger partial charge in [0.1, 0.15) is 0 Å². The summed E-state index contributed by atoms with van der Waals surface area (Å²) in [6, 6.07) is 8.82. The zero-order valence-electron chi connectivity index (χ0n) is 22.1. The monoisotopic (exact) mass is 611 g/mol. The van der Waals surface area contributed by atoms with Crippen molar-refractivity contribution < 1.29 is 51.1 Å². The molecule has 2 heterocycles. The van der Waals surface area contributed by atoms with Gasteiger partial charge in [-0.25, -0.2) is 0 Å². The van der Waals surface area contributed by atoms with Crippen molar-refractivity contribution in [3.05, 3.63) is 92.3 Å². The Morgan fingerprint density at radius 1 is 1.20 bits per heavy atom. The standard InChI is InChI=1S/C30H28N5O4.Y/c1-4-5-7-10-18(2)22(36)15-21-24-28(34-23(33-21)14-13-19-11-8-6-9-12-19)35(17-32-24)25-20-16-30(20,29(39)31-3)27(38)26(25)37;/h2,4-12,15,17,20,25-27,36-38H,16H2,1,3H3,(H,31,39);/b5-4-,10-7-,18-2?,22-15-;/t20?,25-,26?,27+,30-;/m1./s1. The van der Waals surface area contributed by atoms with Crippen molar-refractivity contribution in [2.75, 3.05) is 7.05 Å². The van der Waals surface area contributed by atoms with E-state index in [2.05, 4.69) is 32.1 Å². The molecule has 2 fully saturated rings. The van der Waals surface area contributed by atoms with Crippen molar-refractivity contribution >= 4 is 23.1 Å². The molecule has 2 saturated carbocycles. The van der Waals surface area contributed by atoms with Gasteiger partial charge in [0.25, 0.3) is 0 Å². The molecule has 40 heavy (non-hydrogen) atoms. The quantitative estimate of drug-likeness (QED) is 0.192. The maximum atomic E-state index is 12.6. The molecular formula is C30H28N5O4Y. The Kier molecular flexibility index (Phi) is 8.15. The summed E-state index contributed by atoms with van der Waals surface area (Å²) < 4.78 is 3.61. The molecule has 2 aliphatic carbocycles. The number of hydrogen-bond donors (Lipinski definition) is 4. The Morgan fingerprint density at radius 3 is 2.67 bits per heavy atom. The predicted molar refractivity (Wildman–Crippen MR) is 146 cm³/mol. The number of fused-ring (bicyclic) bond motifs is 2. The minimum absolute atomic E-state index is 0.0158. The minimum atomic E-state index is -1.22. The molecule has 5 rings (SSSR count). The second-order valence-electron chi connectivity index (χ2n) is 9.77. The molecule has 0 bridgehead atoms. The van der Waals surface area contributed by atoms with Gasteiger partial charge in [0.2, 0.25) is 0 Å². The van der Waals surface area contributed by atoms with E-state index >= 15 is 0 Å². The van der Waals surface area contributed by atoms with Crippen LogP contribution in [0.25, 0.3) is 17.2 Å². The third-order valence-electron chi connectivity index (χ3n) is 7.51. The number of rotatable bonds is 6. The Morgan fingerprint density at radius 2 is 1.98 bits per heavy atom. The van der Waals surface area contributed by atoms with Crippen LogP contribution in [0, 0.1) is 23.2 Å². The molecule has 2 aromatic heterocycles. The third-order valence-corrected chi connectivity index (χ3v) is 8.40. The SMILES string of the molecule is C\C=C/C=C\C(=[CH]\[Y])C(\O)=C\c1nc(C#Cc2ccccc2)nc2c1ncn2[C@H]1C(O)[C@H](O)[C@@]2(C(=O)NC)CC12. The van der Waals surface area contributed by atoms with Crippen molar-refractivity contribution in [3.8, 4) is 11.8 Å². The normalized spacial score (nSPS) is 26.2. The zero-order valence-corrected chi connectivity index (χ0v) is 24.9. The van der Waals surface area contributed by atoms with Gasteiger partial charge in [-0.1, -0.05) is 6.07 Å². The van der Waals surface area contributed by atoms with E-state index in [1.807, 2.05) is 64.4 Å². The molecular weight excluding hydrogens is 583 g/mol. The summed E-state index contributed by atoms with van der Waals surface area (Å²) in [5, 5.41) is 35.5. The van der Waals surface area contributed by atoms with E-state index in [9.17, 15) is 20.1 Å². The number of nitrogens with zero attached hydrogens (tertiary/aromatic N) is 4. The van der Waals surface area contributed by atoms with Crippen LogP contribution in [0.2, 0.25) is 0 Å². The van der Waals surface area contributed by atoms with Crippen molar-refractivity contribution in [2.45, 2.75) is 31.6 Å². The molecule has 10 heteroatoms. The molecule has 2 aliphatic rings. The second kappa shape index (κ2) is 11.6. The fourth-order valence-corrected chi connectivity index (χ4v) is 6.15. The summed E-state index contributed by atoms with van der Waals surface area (Å²) in [6.45, 7) is 1.91. The van der Waals surface area contributed by atoms with Crippen LogP contribution in [-0.2, 0) is 35.7 Å². The van der Waals surface area contributed by atoms with E-state index < -0.39 is 23.7 Å². The molecule has 1 amide bonds. The van der Waals surface area contributed by atoms with Crippen LogP contribution in [0.15, 0.2) is 75.2 Å². The molecule has 3 aromatic rings. The van der Waals surface area contributed by atoms with E-state index in [1.54, 1.807) is 4.57 Å². The van der Waals surface area contributed by atoms with Gasteiger partial charge in [-0.3, -0.25) is 4.79 Å². The van der Waals surface area contributed by atoms with Crippen LogP contribution in [-0.4, -0.2) is 60.0 Å². The average molecular weight is 611 g/mol. The molecule has 0 aliphatic heterocycles. The van der Waals surface area contributed by atoms with Crippen LogP contribution in [0.5, 0.6) is 0 Å². The molecule has 0 spiro atoms. The average Bonchev–Trinajstić information content (AvgIpc) is 3.50. The van der Waals surface area contributed by atoms with E-state index in [4.69, 9.17) is 0 Å². The predicted octanol–water partition coefficient (Wildman–Crippen LogP) is 2.72. The van der Waals surface area contributed by atoms with Crippen molar-refractivity contribution in [1.82, 2.24) is 24.8 Å². The second-order valence-corrected chi connectivity index (χ2v) is 10.6. The number of amides is 1. The van der Waals surface area contributed by atoms with Gasteiger partial charge in [0.05, 0.1) is 0 Å². The number of imidazole rings is 1. The van der Waals surface area contributed by atoms with Crippen molar-refractivity contribution in [2.24, 2.45) is 11.3 Å². The molecule has 200 valence electrons. The first-order chi connectivity index (χ1) is 19.3. The van der Waals surface area contributed by atoms with Gasteiger partial charge in [-0.2, -0.15) is 0 Å². The van der Waals surface area contributed by atoms with Crippen LogP contribution >= 0.6 is 0 Å². The first-order valence-corrected chi connectivity index (χ1v) is 14.5. The summed E-state index contributed by atoms with van der Waals surface area (Å²) in [4.78, 5) is 26.5. The fourth-order valence-electron chi connectivity index (χ4n) is 5.46. The van der Waals surface area contributed by atoms with Gasteiger partial charge in [0.15, 0.2) is 0 Å². The Labute approximate surface area is 251 Å². The molecule has 9 nitrogen and oxygen atoms in total. The summed E-state index contributed by atoms with van der Waals surface area (Å²) in [5.41, 5.74) is 1.55. The molecule has 4 N–H and O–H groups in total. The number of carbonyl (C=O) groups is 1.